The van der Waals surface area contributed by atoms with Crippen molar-refractivity contribution < 1.29 is 51.8 Å². The van der Waals surface area contributed by atoms with Crippen molar-refractivity contribution in [3.8, 4) is 0 Å². The molecule has 0 saturated heterocycles. The first-order valence-corrected chi connectivity index (χ1v) is 3.99. The van der Waals surface area contributed by atoms with Crippen LogP contribution in [0.4, 0.5) is 0 Å². The summed E-state index contributed by atoms with van der Waals surface area (Å²) in [5.41, 5.74) is 0. The number of aliphatic carboxylic acids is 1. The van der Waals surface area contributed by atoms with Crippen LogP contribution in [0.15, 0.2) is 0 Å². The molecular formula is C8H17AgClO2Zn. The molecule has 1 radical (unpaired) electrons. The van der Waals surface area contributed by atoms with Gasteiger partial charge in [0.2, 0.25) is 0 Å². The summed E-state index contributed by atoms with van der Waals surface area (Å²) in [5.74, 6) is -0.670. The van der Waals surface area contributed by atoms with Crippen LogP contribution in [-0.4, -0.2) is 11.1 Å². The van der Waals surface area contributed by atoms with E-state index in [1.54, 1.807) is 0 Å². The normalized spacial score (nSPS) is 7.46. The number of rotatable bonds is 6. The van der Waals surface area contributed by atoms with Crippen LogP contribution in [0.3, 0.4) is 0 Å². The molecule has 0 atom stereocenters. The number of hydrogen-bond donors (Lipinski definition) is 1. The molecule has 0 aromatic heterocycles. The Morgan fingerprint density at radius 2 is 1.62 bits per heavy atom. The van der Waals surface area contributed by atoms with Crippen LogP contribution < -0.4 is 0 Å². The summed E-state index contributed by atoms with van der Waals surface area (Å²) in [4.78, 5) is 10.0. The number of carboxylic acid groups (broad SMARTS) is 1. The van der Waals surface area contributed by atoms with Crippen LogP contribution >= 0.6 is 12.4 Å². The SMILES string of the molecule is CCCCCCCC(=O)O.Cl.[Ag].[Zn]. The number of carboxylic acids is 1. The molecule has 5 heteroatoms. The van der Waals surface area contributed by atoms with E-state index in [1.807, 2.05) is 0 Å². The van der Waals surface area contributed by atoms with Crippen molar-refractivity contribution >= 4 is 18.4 Å². The van der Waals surface area contributed by atoms with E-state index < -0.39 is 5.97 Å². The van der Waals surface area contributed by atoms with Gasteiger partial charge in [-0.2, -0.15) is 0 Å². The van der Waals surface area contributed by atoms with E-state index in [0.29, 0.717) is 6.42 Å². The third-order valence-corrected chi connectivity index (χ3v) is 1.49. The second-order valence-electron chi connectivity index (χ2n) is 2.56. The molecule has 0 unspecified atom stereocenters. The Labute approximate surface area is 115 Å². The first-order valence-electron chi connectivity index (χ1n) is 3.99. The monoisotopic (exact) mass is 351 g/mol. The van der Waals surface area contributed by atoms with Gasteiger partial charge in [-0.15, -0.1) is 12.4 Å². The minimum Gasteiger partial charge on any atom is -0.481 e. The zero-order valence-electron chi connectivity index (χ0n) is 8.01. The van der Waals surface area contributed by atoms with E-state index in [4.69, 9.17) is 5.11 Å². The van der Waals surface area contributed by atoms with Crippen LogP contribution in [0.1, 0.15) is 45.4 Å². The van der Waals surface area contributed by atoms with Crippen LogP contribution in [0.2, 0.25) is 0 Å². The Morgan fingerprint density at radius 1 is 1.15 bits per heavy atom. The van der Waals surface area contributed by atoms with Gasteiger partial charge in [0.05, 0.1) is 0 Å². The quantitative estimate of drug-likeness (QED) is 0.589. The molecule has 0 aliphatic carbocycles. The molecule has 0 aromatic carbocycles. The van der Waals surface area contributed by atoms with Gasteiger partial charge in [0.25, 0.3) is 0 Å². The molecule has 0 aliphatic heterocycles. The number of carbonyl (C=O) groups is 1. The molecule has 0 aromatic rings. The van der Waals surface area contributed by atoms with E-state index in [1.165, 1.54) is 19.3 Å². The molecular weight excluding hydrogens is 337 g/mol. The van der Waals surface area contributed by atoms with E-state index in [2.05, 4.69) is 6.92 Å². The maximum absolute atomic E-state index is 10.0. The van der Waals surface area contributed by atoms with Gasteiger partial charge in [-0.1, -0.05) is 32.6 Å². The van der Waals surface area contributed by atoms with Gasteiger partial charge in [-0.05, 0) is 6.42 Å². The zero-order chi connectivity index (χ0) is 7.82. The number of halogens is 1. The van der Waals surface area contributed by atoms with Gasteiger partial charge < -0.3 is 5.11 Å². The van der Waals surface area contributed by atoms with Crippen molar-refractivity contribution in [1.29, 1.82) is 0 Å². The zero-order valence-corrected chi connectivity index (χ0v) is 13.3. The van der Waals surface area contributed by atoms with Crippen LogP contribution in [-0.2, 0) is 46.7 Å². The standard InChI is InChI=1S/C8H16O2.Ag.ClH.Zn/c1-2-3-4-5-6-7-8(9)10;;;/h2-7H2,1H3,(H,9,10);;1H;. The summed E-state index contributed by atoms with van der Waals surface area (Å²) >= 11 is 0. The molecule has 2 nitrogen and oxygen atoms in total. The van der Waals surface area contributed by atoms with Crippen molar-refractivity contribution in [3.05, 3.63) is 0 Å². The Kier molecular flexibility index (Phi) is 34.4. The maximum Gasteiger partial charge on any atom is 0.303 e. The van der Waals surface area contributed by atoms with Crippen LogP contribution in [0, 0.1) is 0 Å². The van der Waals surface area contributed by atoms with Crippen LogP contribution in [0.5, 0.6) is 0 Å². The van der Waals surface area contributed by atoms with Gasteiger partial charge >= 0.3 is 5.97 Å². The second-order valence-corrected chi connectivity index (χ2v) is 2.56. The second kappa shape index (κ2) is 18.8. The molecule has 0 rings (SSSR count). The summed E-state index contributed by atoms with van der Waals surface area (Å²) in [6, 6.07) is 0. The summed E-state index contributed by atoms with van der Waals surface area (Å²) in [7, 11) is 0. The molecule has 0 spiro atoms. The summed E-state index contributed by atoms with van der Waals surface area (Å²) in [6.45, 7) is 2.15. The first-order chi connectivity index (χ1) is 4.77. The third kappa shape index (κ3) is 24.6. The van der Waals surface area contributed by atoms with Crippen molar-refractivity contribution in [2.24, 2.45) is 0 Å². The molecule has 0 bridgehead atoms. The van der Waals surface area contributed by atoms with Gasteiger partial charge in [0, 0.05) is 48.3 Å². The molecule has 0 heterocycles. The largest absolute Gasteiger partial charge is 0.481 e. The smallest absolute Gasteiger partial charge is 0.303 e. The number of hydrogen-bond acceptors (Lipinski definition) is 1. The average Bonchev–Trinajstić information content (AvgIpc) is 1.87. The topological polar surface area (TPSA) is 37.3 Å². The molecule has 13 heavy (non-hydrogen) atoms. The van der Waals surface area contributed by atoms with E-state index in [-0.39, 0.29) is 54.3 Å². The fraction of sp³-hybridized carbons (Fsp3) is 0.875. The van der Waals surface area contributed by atoms with Gasteiger partial charge in [0.15, 0.2) is 0 Å². The number of unbranched alkanes of at least 4 members (excludes halogenated alkanes) is 4. The minimum atomic E-state index is -0.670. The van der Waals surface area contributed by atoms with E-state index in [9.17, 15) is 4.79 Å². The Bertz CT molecular complexity index is 104. The predicted octanol–water partition coefficient (Wildman–Crippen LogP) is 2.85. The Balaban J connectivity index is -0.000000135. The molecule has 0 saturated carbocycles. The molecule has 0 amide bonds. The molecule has 1 N–H and O–H groups in total. The Morgan fingerprint density at radius 3 is 2.00 bits per heavy atom. The fourth-order valence-corrected chi connectivity index (χ4v) is 0.880. The van der Waals surface area contributed by atoms with Crippen molar-refractivity contribution in [1.82, 2.24) is 0 Å². The molecule has 0 aliphatic rings. The maximum atomic E-state index is 10.0. The van der Waals surface area contributed by atoms with Crippen molar-refractivity contribution in [2.75, 3.05) is 0 Å². The summed E-state index contributed by atoms with van der Waals surface area (Å²) in [5, 5.41) is 8.27. The third-order valence-electron chi connectivity index (χ3n) is 1.49. The van der Waals surface area contributed by atoms with Crippen molar-refractivity contribution in [3.63, 3.8) is 0 Å². The van der Waals surface area contributed by atoms with Gasteiger partial charge in [-0.25, -0.2) is 0 Å². The average molecular weight is 354 g/mol. The van der Waals surface area contributed by atoms with Crippen LogP contribution in [0.25, 0.3) is 0 Å². The summed E-state index contributed by atoms with van der Waals surface area (Å²) < 4.78 is 0. The van der Waals surface area contributed by atoms with Crippen molar-refractivity contribution in [2.45, 2.75) is 45.4 Å². The minimum absolute atomic E-state index is 0. The van der Waals surface area contributed by atoms with Gasteiger partial charge in [-0.3, -0.25) is 4.79 Å². The summed E-state index contributed by atoms with van der Waals surface area (Å²) in [6.07, 6.45) is 5.88. The Hall–Kier alpha value is 1.12. The molecule has 0 fully saturated rings. The van der Waals surface area contributed by atoms with E-state index >= 15 is 0 Å². The molecule has 81 valence electrons. The predicted molar refractivity (Wildman–Crippen MR) is 48.3 cm³/mol. The fourth-order valence-electron chi connectivity index (χ4n) is 0.880. The van der Waals surface area contributed by atoms with E-state index in [0.717, 1.165) is 12.8 Å². The first kappa shape index (κ1) is 23.7. The van der Waals surface area contributed by atoms with Gasteiger partial charge in [0.1, 0.15) is 0 Å².